The van der Waals surface area contributed by atoms with E-state index in [9.17, 15) is 18.0 Å². The molecule has 106 valence electrons. The van der Waals surface area contributed by atoms with Gasteiger partial charge in [-0.1, -0.05) is 6.07 Å². The molecule has 0 spiro atoms. The largest absolute Gasteiger partial charge is 0.416 e. The number of aromatic nitrogens is 2. The minimum Gasteiger partial charge on any atom is -0.283 e. The van der Waals surface area contributed by atoms with Crippen LogP contribution in [0.5, 0.6) is 0 Å². The Balaban J connectivity index is 2.58. The first-order chi connectivity index (χ1) is 9.30. The van der Waals surface area contributed by atoms with E-state index in [2.05, 4.69) is 5.10 Å². The third-order valence-electron chi connectivity index (χ3n) is 2.58. The first kappa shape index (κ1) is 14.4. The monoisotopic (exact) mass is 303 g/mol. The number of hydrogen-bond acceptors (Lipinski definition) is 3. The predicted octanol–water partition coefficient (Wildman–Crippen LogP) is 2.84. The molecule has 0 aliphatic rings. The van der Waals surface area contributed by atoms with Crippen molar-refractivity contribution in [2.45, 2.75) is 6.18 Å². The SMILES string of the molecule is CN(Cl)c1ccnn(-c2cccc(C(F)(F)F)c2)c1=O. The molecule has 0 saturated heterocycles. The Morgan fingerprint density at radius 3 is 2.60 bits per heavy atom. The highest BCUT2D eigenvalue weighted by Gasteiger charge is 2.30. The number of rotatable bonds is 2. The molecule has 1 aromatic carbocycles. The summed E-state index contributed by atoms with van der Waals surface area (Å²) in [5, 5.41) is 3.77. The molecular formula is C12H9ClF3N3O. The molecule has 0 bridgehead atoms. The Bertz CT molecular complexity index is 682. The van der Waals surface area contributed by atoms with Crippen molar-refractivity contribution in [1.82, 2.24) is 9.78 Å². The van der Waals surface area contributed by atoms with Crippen LogP contribution in [0.15, 0.2) is 41.3 Å². The van der Waals surface area contributed by atoms with Crippen LogP contribution in [0.4, 0.5) is 18.9 Å². The molecule has 0 saturated carbocycles. The Kier molecular flexibility index (Phi) is 3.71. The van der Waals surface area contributed by atoms with Crippen LogP contribution >= 0.6 is 11.8 Å². The zero-order valence-corrected chi connectivity index (χ0v) is 11.0. The van der Waals surface area contributed by atoms with Gasteiger partial charge in [0.05, 0.1) is 17.4 Å². The maximum Gasteiger partial charge on any atom is 0.416 e. The summed E-state index contributed by atoms with van der Waals surface area (Å²) in [6.07, 6.45) is -3.20. The molecule has 0 radical (unpaired) electrons. The molecule has 0 N–H and O–H groups in total. The first-order valence-corrected chi connectivity index (χ1v) is 5.80. The van der Waals surface area contributed by atoms with Gasteiger partial charge in [-0.3, -0.25) is 9.21 Å². The highest BCUT2D eigenvalue weighted by atomic mass is 35.5. The van der Waals surface area contributed by atoms with E-state index in [0.29, 0.717) is 0 Å². The summed E-state index contributed by atoms with van der Waals surface area (Å²) in [6.45, 7) is 0. The molecule has 2 aromatic rings. The fraction of sp³-hybridized carbons (Fsp3) is 0.167. The van der Waals surface area contributed by atoms with Crippen molar-refractivity contribution < 1.29 is 13.2 Å². The van der Waals surface area contributed by atoms with E-state index >= 15 is 0 Å². The highest BCUT2D eigenvalue weighted by molar-refractivity contribution is 6.25. The van der Waals surface area contributed by atoms with Crippen LogP contribution < -0.4 is 9.98 Å². The van der Waals surface area contributed by atoms with Gasteiger partial charge in [0.25, 0.3) is 5.56 Å². The van der Waals surface area contributed by atoms with Gasteiger partial charge in [-0.15, -0.1) is 0 Å². The van der Waals surface area contributed by atoms with E-state index in [4.69, 9.17) is 11.8 Å². The number of anilines is 1. The Morgan fingerprint density at radius 1 is 1.30 bits per heavy atom. The number of nitrogens with zero attached hydrogens (tertiary/aromatic N) is 3. The average Bonchev–Trinajstić information content (AvgIpc) is 2.38. The summed E-state index contributed by atoms with van der Waals surface area (Å²) in [5.74, 6) is 0. The Labute approximate surface area is 117 Å². The molecule has 0 fully saturated rings. The number of hydrogen-bond donors (Lipinski definition) is 0. The van der Waals surface area contributed by atoms with Gasteiger partial charge in [-0.05, 0) is 24.3 Å². The second kappa shape index (κ2) is 5.16. The van der Waals surface area contributed by atoms with Crippen molar-refractivity contribution in [2.24, 2.45) is 0 Å². The molecular weight excluding hydrogens is 295 g/mol. The molecule has 2 rings (SSSR count). The van der Waals surface area contributed by atoms with Crippen molar-refractivity contribution in [1.29, 1.82) is 0 Å². The molecule has 0 atom stereocenters. The summed E-state index contributed by atoms with van der Waals surface area (Å²) >= 11 is 5.68. The summed E-state index contributed by atoms with van der Waals surface area (Å²) in [4.78, 5) is 12.1. The van der Waals surface area contributed by atoms with Gasteiger partial charge >= 0.3 is 6.18 Å². The molecule has 1 aromatic heterocycles. The van der Waals surface area contributed by atoms with E-state index < -0.39 is 17.3 Å². The molecule has 8 heteroatoms. The maximum absolute atomic E-state index is 12.7. The van der Waals surface area contributed by atoms with E-state index in [0.717, 1.165) is 21.2 Å². The van der Waals surface area contributed by atoms with E-state index in [1.807, 2.05) is 0 Å². The zero-order chi connectivity index (χ0) is 14.9. The molecule has 20 heavy (non-hydrogen) atoms. The van der Waals surface area contributed by atoms with E-state index in [-0.39, 0.29) is 11.4 Å². The van der Waals surface area contributed by atoms with Gasteiger partial charge in [0.1, 0.15) is 5.69 Å². The Morgan fingerprint density at radius 2 is 2.00 bits per heavy atom. The van der Waals surface area contributed by atoms with Gasteiger partial charge in [0.15, 0.2) is 0 Å². The van der Waals surface area contributed by atoms with Gasteiger partial charge in [-0.25, -0.2) is 0 Å². The van der Waals surface area contributed by atoms with Crippen LogP contribution in [0, 0.1) is 0 Å². The fourth-order valence-electron chi connectivity index (χ4n) is 1.64. The lowest BCUT2D eigenvalue weighted by atomic mass is 10.2. The van der Waals surface area contributed by atoms with Crippen molar-refractivity contribution in [3.8, 4) is 5.69 Å². The van der Waals surface area contributed by atoms with Crippen molar-refractivity contribution in [3.05, 3.63) is 52.4 Å². The van der Waals surface area contributed by atoms with Gasteiger partial charge in [0.2, 0.25) is 0 Å². The topological polar surface area (TPSA) is 38.1 Å². The average molecular weight is 304 g/mol. The summed E-state index contributed by atoms with van der Waals surface area (Å²) in [7, 11) is 1.44. The van der Waals surface area contributed by atoms with Crippen molar-refractivity contribution in [3.63, 3.8) is 0 Å². The standard InChI is InChI=1S/C12H9ClF3N3O/c1-18(13)10-5-6-17-19(11(10)20)9-4-2-3-8(7-9)12(14,15)16/h2-7H,1H3. The smallest absolute Gasteiger partial charge is 0.283 e. The molecule has 0 aliphatic carbocycles. The van der Waals surface area contributed by atoms with Gasteiger partial charge < -0.3 is 0 Å². The number of benzene rings is 1. The first-order valence-electron chi connectivity index (χ1n) is 5.46. The van der Waals surface area contributed by atoms with Crippen LogP contribution in [0.2, 0.25) is 0 Å². The lowest BCUT2D eigenvalue weighted by molar-refractivity contribution is -0.137. The van der Waals surface area contributed by atoms with E-state index in [1.165, 1.54) is 31.4 Å². The van der Waals surface area contributed by atoms with Crippen molar-refractivity contribution in [2.75, 3.05) is 11.5 Å². The minimum atomic E-state index is -4.49. The molecule has 0 amide bonds. The minimum absolute atomic E-state index is 0.0187. The van der Waals surface area contributed by atoms with Crippen LogP contribution in [-0.2, 0) is 6.18 Å². The lowest BCUT2D eigenvalue weighted by Crippen LogP contribution is -2.25. The summed E-state index contributed by atoms with van der Waals surface area (Å²) in [6, 6.07) is 5.73. The lowest BCUT2D eigenvalue weighted by Gasteiger charge is -2.12. The van der Waals surface area contributed by atoms with Crippen molar-refractivity contribution >= 4 is 17.5 Å². The van der Waals surface area contributed by atoms with E-state index in [1.54, 1.807) is 0 Å². The third kappa shape index (κ3) is 2.77. The second-order valence-corrected chi connectivity index (χ2v) is 4.47. The summed E-state index contributed by atoms with van der Waals surface area (Å²) < 4.78 is 39.9. The number of alkyl halides is 3. The molecule has 1 heterocycles. The Hall–Kier alpha value is -2.02. The van der Waals surface area contributed by atoms with Crippen LogP contribution in [0.25, 0.3) is 5.69 Å². The quantitative estimate of drug-likeness (QED) is 0.801. The normalized spacial score (nSPS) is 11.4. The maximum atomic E-state index is 12.7. The third-order valence-corrected chi connectivity index (χ3v) is 2.76. The molecule has 0 unspecified atom stereocenters. The summed E-state index contributed by atoms with van der Waals surface area (Å²) in [5.41, 5.74) is -1.33. The second-order valence-electron chi connectivity index (χ2n) is 3.96. The van der Waals surface area contributed by atoms with Crippen LogP contribution in [0.3, 0.4) is 0 Å². The van der Waals surface area contributed by atoms with Crippen LogP contribution in [0.1, 0.15) is 5.56 Å². The predicted molar refractivity (Wildman–Crippen MR) is 69.1 cm³/mol. The van der Waals surface area contributed by atoms with Gasteiger partial charge in [-0.2, -0.15) is 23.0 Å². The molecule has 4 nitrogen and oxygen atoms in total. The zero-order valence-electron chi connectivity index (χ0n) is 10.2. The molecule has 0 aliphatic heterocycles. The van der Waals surface area contributed by atoms with Gasteiger partial charge in [0, 0.05) is 18.8 Å². The number of halogens is 4. The fourth-order valence-corrected chi connectivity index (χ4v) is 1.76. The van der Waals surface area contributed by atoms with Crippen LogP contribution in [-0.4, -0.2) is 16.8 Å². The highest BCUT2D eigenvalue weighted by Crippen LogP contribution is 2.30.